The van der Waals surface area contributed by atoms with E-state index >= 15 is 0 Å². The average Bonchev–Trinajstić information content (AvgIpc) is 3.77. The van der Waals surface area contributed by atoms with E-state index in [1.165, 1.54) is 24.3 Å². The maximum Gasteiger partial charge on any atom is 0.335 e. The molecule has 10 atom stereocenters. The summed E-state index contributed by atoms with van der Waals surface area (Å²) in [4.78, 5) is 37.7. The molecule has 4 aliphatic heterocycles. The summed E-state index contributed by atoms with van der Waals surface area (Å²) in [5.41, 5.74) is -2.40. The van der Waals surface area contributed by atoms with Gasteiger partial charge in [-0.3, -0.25) is 0 Å². The van der Waals surface area contributed by atoms with Gasteiger partial charge in [-0.2, -0.15) is 0 Å². The predicted octanol–water partition coefficient (Wildman–Crippen LogP) is 1.38. The molecule has 10 heteroatoms. The summed E-state index contributed by atoms with van der Waals surface area (Å²) in [5, 5.41) is 10.7. The fourth-order valence-corrected chi connectivity index (χ4v) is 7.36. The van der Waals surface area contributed by atoms with Gasteiger partial charge in [0.25, 0.3) is 0 Å². The van der Waals surface area contributed by atoms with Crippen LogP contribution in [0.25, 0.3) is 0 Å². The minimum atomic E-state index is -1.38. The van der Waals surface area contributed by atoms with Gasteiger partial charge < -0.3 is 33.5 Å². The minimum absolute atomic E-state index is 0.0217. The van der Waals surface area contributed by atoms with Crippen molar-refractivity contribution in [3.05, 3.63) is 24.3 Å². The maximum atomic E-state index is 13.0. The van der Waals surface area contributed by atoms with Gasteiger partial charge in [0.15, 0.2) is 6.10 Å². The zero-order chi connectivity index (χ0) is 26.2. The number of hydrogen-bond acceptors (Lipinski definition) is 10. The largest absolute Gasteiger partial charge is 0.463 e. The highest BCUT2D eigenvalue weighted by molar-refractivity contribution is 5.84. The van der Waals surface area contributed by atoms with Gasteiger partial charge in [-0.1, -0.05) is 26.0 Å². The van der Waals surface area contributed by atoms with E-state index < -0.39 is 52.5 Å². The summed E-state index contributed by atoms with van der Waals surface area (Å²) >= 11 is 0. The molecule has 37 heavy (non-hydrogen) atoms. The molecule has 2 bridgehead atoms. The SMILES string of the molecule is C[C@H]1CCOC(=O)/C=C/C=CC(=O)O[C@@H]2C[C@H]3O[C@@H]4[C@@H]5O[C@]5(C)CC[C@]4(COC(=O)[C@H]1O)C2(C)C31CO1. The standard InChI is InChI=1S/C27H34O10/c1-15-8-11-32-18(28)6-4-5-7-19(29)35-16-12-17-27(14-34-27)25(16,3)26(13-33-23(31)20(15)30)10-9-24(2)21(37-24)22(26)36-17/h4-7,15-17,20-22,30H,8-14H2,1-3H3/b6-4+,7-5?/t15-,16+,17+,20-,21-,22+,24+,25?,26+,27?/m0/s1. The fraction of sp³-hybridized carbons (Fsp3) is 0.741. The van der Waals surface area contributed by atoms with Crippen molar-refractivity contribution in [1.29, 1.82) is 0 Å². The van der Waals surface area contributed by atoms with E-state index in [1.807, 2.05) is 0 Å². The molecule has 1 N–H and O–H groups in total. The highest BCUT2D eigenvalue weighted by atomic mass is 16.7. The molecule has 2 saturated carbocycles. The maximum absolute atomic E-state index is 13.0. The van der Waals surface area contributed by atoms with E-state index in [0.717, 1.165) is 6.42 Å². The summed E-state index contributed by atoms with van der Waals surface area (Å²) in [6.07, 6.45) is 4.66. The average molecular weight is 519 g/mol. The summed E-state index contributed by atoms with van der Waals surface area (Å²) in [6, 6.07) is 0. The van der Waals surface area contributed by atoms with Gasteiger partial charge >= 0.3 is 17.9 Å². The van der Waals surface area contributed by atoms with Crippen LogP contribution >= 0.6 is 0 Å². The fourth-order valence-electron chi connectivity index (χ4n) is 7.36. The molecule has 0 aromatic rings. The zero-order valence-corrected chi connectivity index (χ0v) is 21.3. The van der Waals surface area contributed by atoms with Gasteiger partial charge in [0.2, 0.25) is 0 Å². The van der Waals surface area contributed by atoms with E-state index in [0.29, 0.717) is 19.4 Å². The Hall–Kier alpha value is -2.27. The van der Waals surface area contributed by atoms with Gasteiger partial charge in [-0.05, 0) is 32.1 Å². The van der Waals surface area contributed by atoms with E-state index in [9.17, 15) is 19.5 Å². The number of fused-ring (bicyclic) bond motifs is 2. The Kier molecular flexibility index (Phi) is 5.66. The Morgan fingerprint density at radius 2 is 1.68 bits per heavy atom. The third-order valence-electron chi connectivity index (χ3n) is 10.0. The first-order valence-corrected chi connectivity index (χ1v) is 13.1. The first kappa shape index (κ1) is 25.0. The van der Waals surface area contributed by atoms with Gasteiger partial charge in [-0.25, -0.2) is 14.4 Å². The number of carbonyl (C=O) groups is 3. The van der Waals surface area contributed by atoms with Crippen molar-refractivity contribution < 1.29 is 47.9 Å². The van der Waals surface area contributed by atoms with E-state index in [-0.39, 0.29) is 43.5 Å². The number of aliphatic hydroxyl groups is 1. The van der Waals surface area contributed by atoms with Crippen molar-refractivity contribution in [2.45, 2.75) is 88.2 Å². The lowest BCUT2D eigenvalue weighted by molar-refractivity contribution is -0.252. The van der Waals surface area contributed by atoms with Crippen LogP contribution in [-0.4, -0.2) is 84.6 Å². The van der Waals surface area contributed by atoms with Crippen molar-refractivity contribution in [3.63, 3.8) is 0 Å². The zero-order valence-electron chi connectivity index (χ0n) is 21.3. The molecule has 202 valence electrons. The van der Waals surface area contributed by atoms with Crippen LogP contribution in [0.1, 0.15) is 46.5 Å². The highest BCUT2D eigenvalue weighted by Crippen LogP contribution is 2.75. The Morgan fingerprint density at radius 3 is 2.41 bits per heavy atom. The highest BCUT2D eigenvalue weighted by Gasteiger charge is 2.86. The summed E-state index contributed by atoms with van der Waals surface area (Å²) in [7, 11) is 0. The first-order valence-electron chi connectivity index (χ1n) is 13.1. The Bertz CT molecular complexity index is 1060. The number of rotatable bonds is 0. The molecule has 3 saturated heterocycles. The molecular weight excluding hydrogens is 484 g/mol. The van der Waals surface area contributed by atoms with Crippen LogP contribution in [0.4, 0.5) is 0 Å². The number of ether oxygens (including phenoxy) is 6. The van der Waals surface area contributed by atoms with E-state index in [1.54, 1.807) is 6.92 Å². The molecule has 5 fully saturated rings. The Morgan fingerprint density at radius 1 is 0.946 bits per heavy atom. The van der Waals surface area contributed by atoms with Crippen LogP contribution in [0.3, 0.4) is 0 Å². The topological polar surface area (TPSA) is 133 Å². The van der Waals surface area contributed by atoms with Crippen LogP contribution in [0, 0.1) is 16.7 Å². The van der Waals surface area contributed by atoms with Crippen LogP contribution in [-0.2, 0) is 42.8 Å². The molecule has 6 rings (SSSR count). The molecule has 0 aromatic heterocycles. The number of hydrogen-bond donors (Lipinski definition) is 1. The van der Waals surface area contributed by atoms with Crippen LogP contribution in [0.2, 0.25) is 0 Å². The van der Waals surface area contributed by atoms with Crippen molar-refractivity contribution in [3.8, 4) is 0 Å². The summed E-state index contributed by atoms with van der Waals surface area (Å²) in [5.74, 6) is -2.38. The first-order chi connectivity index (χ1) is 17.6. The normalized spacial score (nSPS) is 52.1. The number of epoxide rings is 2. The van der Waals surface area contributed by atoms with Crippen LogP contribution in [0.15, 0.2) is 24.3 Å². The predicted molar refractivity (Wildman–Crippen MR) is 125 cm³/mol. The van der Waals surface area contributed by atoms with Gasteiger partial charge in [0.05, 0.1) is 36.4 Å². The molecule has 10 nitrogen and oxygen atoms in total. The second-order valence-corrected chi connectivity index (χ2v) is 11.8. The van der Waals surface area contributed by atoms with Gasteiger partial charge in [-0.15, -0.1) is 0 Å². The van der Waals surface area contributed by atoms with Gasteiger partial charge in [0, 0.05) is 24.0 Å². The number of cyclic esters (lactones) is 2. The molecule has 0 aromatic carbocycles. The number of aliphatic hydroxyl groups excluding tert-OH is 1. The van der Waals surface area contributed by atoms with Crippen molar-refractivity contribution in [2.24, 2.45) is 16.7 Å². The molecular formula is C27H34O10. The second-order valence-electron chi connectivity index (χ2n) is 11.8. The molecule has 2 spiro atoms. The molecule has 2 unspecified atom stereocenters. The Balaban J connectivity index is 1.37. The third kappa shape index (κ3) is 3.56. The van der Waals surface area contributed by atoms with E-state index in [4.69, 9.17) is 28.4 Å². The lowest BCUT2D eigenvalue weighted by Gasteiger charge is -2.58. The third-order valence-corrected chi connectivity index (χ3v) is 10.0. The molecule has 2 aliphatic carbocycles. The van der Waals surface area contributed by atoms with Gasteiger partial charge in [0.1, 0.15) is 24.4 Å². The van der Waals surface area contributed by atoms with Crippen LogP contribution in [0.5, 0.6) is 0 Å². The Labute approximate surface area is 215 Å². The number of carbonyl (C=O) groups excluding carboxylic acids is 3. The van der Waals surface area contributed by atoms with E-state index in [2.05, 4.69) is 13.8 Å². The quantitative estimate of drug-likeness (QED) is 0.285. The lowest BCUT2D eigenvalue weighted by atomic mass is 9.50. The summed E-state index contributed by atoms with van der Waals surface area (Å²) < 4.78 is 35.9. The lowest BCUT2D eigenvalue weighted by Crippen LogP contribution is -2.69. The van der Waals surface area contributed by atoms with Crippen molar-refractivity contribution in [1.82, 2.24) is 0 Å². The summed E-state index contributed by atoms with van der Waals surface area (Å²) in [6.45, 7) is 6.30. The molecule has 4 heterocycles. The minimum Gasteiger partial charge on any atom is -0.463 e. The molecule has 6 aliphatic rings. The monoisotopic (exact) mass is 518 g/mol. The smallest absolute Gasteiger partial charge is 0.335 e. The number of allylic oxidation sites excluding steroid dienone is 2. The van der Waals surface area contributed by atoms with Crippen LogP contribution < -0.4 is 0 Å². The number of esters is 3. The molecule has 0 radical (unpaired) electrons. The molecule has 0 amide bonds. The van der Waals surface area contributed by atoms with Crippen molar-refractivity contribution >= 4 is 17.9 Å². The second kappa shape index (κ2) is 8.36. The van der Waals surface area contributed by atoms with Crippen molar-refractivity contribution in [2.75, 3.05) is 19.8 Å².